The summed E-state index contributed by atoms with van der Waals surface area (Å²) in [5.41, 5.74) is 7.23. The van der Waals surface area contributed by atoms with E-state index in [9.17, 15) is 4.79 Å². The van der Waals surface area contributed by atoms with Crippen LogP contribution in [0.3, 0.4) is 0 Å². The van der Waals surface area contributed by atoms with Gasteiger partial charge in [0.1, 0.15) is 0 Å². The summed E-state index contributed by atoms with van der Waals surface area (Å²) in [6, 6.07) is 9.86. The van der Waals surface area contributed by atoms with Crippen LogP contribution in [-0.2, 0) is 16.0 Å². The lowest BCUT2D eigenvalue weighted by Crippen LogP contribution is -2.52. The molecule has 0 radical (unpaired) electrons. The van der Waals surface area contributed by atoms with Crippen molar-refractivity contribution in [2.24, 2.45) is 5.73 Å². The summed E-state index contributed by atoms with van der Waals surface area (Å²) in [6.45, 7) is 1.89. The van der Waals surface area contributed by atoms with E-state index in [1.165, 1.54) is 5.56 Å². The lowest BCUT2D eigenvalue weighted by atomic mass is 10.1. The third-order valence-corrected chi connectivity index (χ3v) is 4.35. The average molecular weight is 308 g/mol. The normalized spacial score (nSPS) is 20.3. The average Bonchev–Trinajstić information content (AvgIpc) is 2.53. The van der Waals surface area contributed by atoms with Gasteiger partial charge >= 0.3 is 0 Å². The van der Waals surface area contributed by atoms with Crippen LogP contribution >= 0.6 is 11.8 Å². The standard InChI is InChI=1S/C16H24N2O2S/c1-21-10-7-15(17)16(19)18-8-9-20-14(12-18)11-13-5-3-2-4-6-13/h2-6,14-15H,7-12,17H2,1H3/t14-,15+/m1/s1. The first-order valence-corrected chi connectivity index (χ1v) is 8.79. The largest absolute Gasteiger partial charge is 0.374 e. The molecule has 0 unspecified atom stereocenters. The zero-order chi connectivity index (χ0) is 15.1. The molecule has 0 bridgehead atoms. The summed E-state index contributed by atoms with van der Waals surface area (Å²) in [7, 11) is 0. The Hall–Kier alpha value is -1.04. The highest BCUT2D eigenvalue weighted by Crippen LogP contribution is 2.13. The molecule has 4 nitrogen and oxygen atoms in total. The number of hydrogen-bond acceptors (Lipinski definition) is 4. The van der Waals surface area contributed by atoms with Crippen LogP contribution in [0, 0.1) is 0 Å². The highest BCUT2D eigenvalue weighted by atomic mass is 32.2. The second-order valence-electron chi connectivity index (χ2n) is 5.35. The van der Waals surface area contributed by atoms with Gasteiger partial charge in [-0.25, -0.2) is 0 Å². The van der Waals surface area contributed by atoms with Crippen LogP contribution in [0.4, 0.5) is 0 Å². The van der Waals surface area contributed by atoms with E-state index in [1.54, 1.807) is 11.8 Å². The molecule has 2 rings (SSSR count). The molecular formula is C16H24N2O2S. The SMILES string of the molecule is CSCC[C@H](N)C(=O)N1CCO[C@H](Cc2ccccc2)C1. The lowest BCUT2D eigenvalue weighted by Gasteiger charge is -2.34. The fourth-order valence-electron chi connectivity index (χ4n) is 2.52. The van der Waals surface area contributed by atoms with E-state index >= 15 is 0 Å². The molecule has 1 fully saturated rings. The fourth-order valence-corrected chi connectivity index (χ4v) is 3.01. The van der Waals surface area contributed by atoms with Gasteiger partial charge in [-0.2, -0.15) is 11.8 Å². The van der Waals surface area contributed by atoms with Gasteiger partial charge in [0.15, 0.2) is 0 Å². The Morgan fingerprint density at radius 2 is 2.24 bits per heavy atom. The van der Waals surface area contributed by atoms with Crippen LogP contribution in [0.25, 0.3) is 0 Å². The molecule has 1 aromatic carbocycles. The van der Waals surface area contributed by atoms with Crippen molar-refractivity contribution in [2.75, 3.05) is 31.7 Å². The molecule has 21 heavy (non-hydrogen) atoms. The number of carbonyl (C=O) groups is 1. The van der Waals surface area contributed by atoms with Gasteiger partial charge in [-0.05, 0) is 24.0 Å². The maximum absolute atomic E-state index is 12.3. The summed E-state index contributed by atoms with van der Waals surface area (Å²) in [5, 5.41) is 0. The summed E-state index contributed by atoms with van der Waals surface area (Å²) in [6.07, 6.45) is 3.67. The maximum Gasteiger partial charge on any atom is 0.239 e. The Balaban J connectivity index is 1.86. The number of rotatable bonds is 6. The van der Waals surface area contributed by atoms with Crippen molar-refractivity contribution < 1.29 is 9.53 Å². The third kappa shape index (κ3) is 5.02. The first-order valence-electron chi connectivity index (χ1n) is 7.39. The molecule has 1 aliphatic rings. The van der Waals surface area contributed by atoms with Crippen molar-refractivity contribution in [3.8, 4) is 0 Å². The van der Waals surface area contributed by atoms with Crippen LogP contribution in [0.2, 0.25) is 0 Å². The van der Waals surface area contributed by atoms with E-state index in [1.807, 2.05) is 29.4 Å². The summed E-state index contributed by atoms with van der Waals surface area (Å²) in [4.78, 5) is 14.2. The van der Waals surface area contributed by atoms with E-state index in [4.69, 9.17) is 10.5 Å². The lowest BCUT2D eigenvalue weighted by molar-refractivity contribution is -0.140. The van der Waals surface area contributed by atoms with Crippen LogP contribution in [0.15, 0.2) is 30.3 Å². The van der Waals surface area contributed by atoms with Crippen LogP contribution < -0.4 is 5.73 Å². The van der Waals surface area contributed by atoms with Gasteiger partial charge < -0.3 is 15.4 Å². The molecule has 5 heteroatoms. The molecule has 2 N–H and O–H groups in total. The first kappa shape index (κ1) is 16.3. The minimum atomic E-state index is -0.382. The van der Waals surface area contributed by atoms with Gasteiger partial charge in [0, 0.05) is 19.5 Å². The molecule has 0 spiro atoms. The van der Waals surface area contributed by atoms with Crippen molar-refractivity contribution in [3.05, 3.63) is 35.9 Å². The summed E-state index contributed by atoms with van der Waals surface area (Å²) in [5.74, 6) is 0.982. The van der Waals surface area contributed by atoms with Gasteiger partial charge in [-0.15, -0.1) is 0 Å². The minimum absolute atomic E-state index is 0.0606. The quantitative estimate of drug-likeness (QED) is 0.866. The Morgan fingerprint density at radius 1 is 1.48 bits per heavy atom. The van der Waals surface area contributed by atoms with E-state index in [0.717, 1.165) is 18.6 Å². The van der Waals surface area contributed by atoms with E-state index in [0.29, 0.717) is 19.7 Å². The van der Waals surface area contributed by atoms with Crippen molar-refractivity contribution >= 4 is 17.7 Å². The van der Waals surface area contributed by atoms with E-state index in [2.05, 4.69) is 12.1 Å². The number of amides is 1. The Morgan fingerprint density at radius 3 is 2.95 bits per heavy atom. The second-order valence-corrected chi connectivity index (χ2v) is 6.34. The predicted molar refractivity (Wildman–Crippen MR) is 87.4 cm³/mol. The number of nitrogens with two attached hydrogens (primary N) is 1. The van der Waals surface area contributed by atoms with Crippen molar-refractivity contribution in [1.29, 1.82) is 0 Å². The molecule has 1 aromatic rings. The topological polar surface area (TPSA) is 55.6 Å². The Bertz CT molecular complexity index is 441. The molecule has 1 saturated heterocycles. The van der Waals surface area contributed by atoms with Crippen molar-refractivity contribution in [3.63, 3.8) is 0 Å². The molecule has 0 aliphatic carbocycles. The molecule has 1 heterocycles. The maximum atomic E-state index is 12.3. The highest BCUT2D eigenvalue weighted by molar-refractivity contribution is 7.98. The monoisotopic (exact) mass is 308 g/mol. The second kappa shape index (κ2) is 8.41. The van der Waals surface area contributed by atoms with Crippen LogP contribution in [0.1, 0.15) is 12.0 Å². The van der Waals surface area contributed by atoms with Crippen molar-refractivity contribution in [1.82, 2.24) is 4.90 Å². The molecule has 0 aromatic heterocycles. The third-order valence-electron chi connectivity index (χ3n) is 3.71. The van der Waals surface area contributed by atoms with Crippen molar-refractivity contribution in [2.45, 2.75) is 25.0 Å². The first-order chi connectivity index (χ1) is 10.2. The number of morpholine rings is 1. The molecule has 1 aliphatic heterocycles. The van der Waals surface area contributed by atoms with E-state index in [-0.39, 0.29) is 18.1 Å². The number of thioether (sulfide) groups is 1. The summed E-state index contributed by atoms with van der Waals surface area (Å²) < 4.78 is 5.78. The minimum Gasteiger partial charge on any atom is -0.374 e. The molecular weight excluding hydrogens is 284 g/mol. The van der Waals surface area contributed by atoms with Gasteiger partial charge in [0.05, 0.1) is 18.8 Å². The molecule has 0 saturated carbocycles. The Labute approximate surface area is 131 Å². The number of carbonyl (C=O) groups excluding carboxylic acids is 1. The van der Waals surface area contributed by atoms with Crippen LogP contribution in [0.5, 0.6) is 0 Å². The zero-order valence-corrected chi connectivity index (χ0v) is 13.3. The van der Waals surface area contributed by atoms with Gasteiger partial charge in [0.2, 0.25) is 5.91 Å². The summed E-state index contributed by atoms with van der Waals surface area (Å²) >= 11 is 1.72. The van der Waals surface area contributed by atoms with Crippen LogP contribution in [-0.4, -0.2) is 54.7 Å². The smallest absolute Gasteiger partial charge is 0.239 e. The Kier molecular flexibility index (Phi) is 6.54. The molecule has 1 amide bonds. The number of ether oxygens (including phenoxy) is 1. The highest BCUT2D eigenvalue weighted by Gasteiger charge is 2.27. The predicted octanol–water partition coefficient (Wildman–Crippen LogP) is 1.54. The number of benzene rings is 1. The molecule has 2 atom stereocenters. The molecule has 116 valence electrons. The van der Waals surface area contributed by atoms with Gasteiger partial charge in [0.25, 0.3) is 0 Å². The zero-order valence-electron chi connectivity index (χ0n) is 12.5. The van der Waals surface area contributed by atoms with E-state index < -0.39 is 0 Å². The van der Waals surface area contributed by atoms with Gasteiger partial charge in [-0.1, -0.05) is 30.3 Å². The number of nitrogens with zero attached hydrogens (tertiary/aromatic N) is 1. The van der Waals surface area contributed by atoms with Gasteiger partial charge in [-0.3, -0.25) is 4.79 Å². The number of hydrogen-bond donors (Lipinski definition) is 1. The fraction of sp³-hybridized carbons (Fsp3) is 0.562.